The van der Waals surface area contributed by atoms with E-state index in [1.807, 2.05) is 0 Å². The van der Waals surface area contributed by atoms with Crippen LogP contribution in [0.1, 0.15) is 6.42 Å². The van der Waals surface area contributed by atoms with E-state index in [9.17, 15) is 14.7 Å². The van der Waals surface area contributed by atoms with Crippen LogP contribution in [0.2, 0.25) is 0 Å². The molecule has 0 bridgehead atoms. The number of aliphatic carboxylic acids is 1. The van der Waals surface area contributed by atoms with E-state index in [1.54, 1.807) is 0 Å². The molecule has 0 spiro atoms. The van der Waals surface area contributed by atoms with Gasteiger partial charge in [-0.05, 0) is 0 Å². The van der Waals surface area contributed by atoms with Crippen molar-refractivity contribution < 1.29 is 24.5 Å². The number of aliphatic hydroxyl groups excluding tert-OH is 1. The molecule has 0 heterocycles. The fraction of sp³-hybridized carbons (Fsp3) is 0.600. The van der Waals surface area contributed by atoms with Crippen LogP contribution in [0.15, 0.2) is 0 Å². The first-order chi connectivity index (χ1) is 4.68. The molecule has 5 nitrogen and oxygen atoms in total. The fourth-order valence-corrected chi connectivity index (χ4v) is 0.288. The largest absolute Gasteiger partial charge is 0.539 e. The normalized spacial score (nSPS) is 8.90. The highest BCUT2D eigenvalue weighted by Crippen LogP contribution is 1.80. The molecule has 58 valence electrons. The van der Waals surface area contributed by atoms with Gasteiger partial charge >= 0.3 is 5.97 Å². The van der Waals surface area contributed by atoms with Gasteiger partial charge in [0.1, 0.15) is 0 Å². The highest BCUT2D eigenvalue weighted by molar-refractivity contribution is 6.27. The molecule has 1 N–H and O–H groups in total. The van der Waals surface area contributed by atoms with Crippen LogP contribution in [0.25, 0.3) is 0 Å². The van der Waals surface area contributed by atoms with E-state index < -0.39 is 11.9 Å². The number of carbonyl (C=O) groups excluding carboxylic acids is 2. The Kier molecular flexibility index (Phi) is 4.23. The highest BCUT2D eigenvalue weighted by atomic mass is 16.6. The lowest BCUT2D eigenvalue weighted by atomic mass is 10.5. The maximum atomic E-state index is 10.1. The molecule has 0 aliphatic carbocycles. The van der Waals surface area contributed by atoms with Gasteiger partial charge in [0.2, 0.25) is 0 Å². The summed E-state index contributed by atoms with van der Waals surface area (Å²) >= 11 is 0. The smallest absolute Gasteiger partial charge is 0.354 e. The van der Waals surface area contributed by atoms with Crippen LogP contribution < -0.4 is 5.11 Å². The topological polar surface area (TPSA) is 86.7 Å². The average Bonchev–Trinajstić information content (AvgIpc) is 1.88. The predicted molar refractivity (Wildman–Crippen MR) is 27.7 cm³/mol. The number of rotatable bonds is 3. The van der Waals surface area contributed by atoms with Crippen LogP contribution in [0.4, 0.5) is 0 Å². The molecule has 0 aromatic carbocycles. The zero-order valence-electron chi connectivity index (χ0n) is 5.20. The minimum absolute atomic E-state index is 0.0939. The summed E-state index contributed by atoms with van der Waals surface area (Å²) in [4.78, 5) is 19.7. The molecule has 0 unspecified atom stereocenters. The molecule has 10 heavy (non-hydrogen) atoms. The number of carboxylic acids is 1. The number of hydrogen-bond acceptors (Lipinski definition) is 5. The average molecular weight is 147 g/mol. The summed E-state index contributed by atoms with van der Waals surface area (Å²) in [7, 11) is 0. The second-order valence-electron chi connectivity index (χ2n) is 1.50. The van der Waals surface area contributed by atoms with Crippen molar-refractivity contribution in [2.45, 2.75) is 6.42 Å². The minimum Gasteiger partial charge on any atom is -0.539 e. The van der Waals surface area contributed by atoms with Gasteiger partial charge in [-0.15, -0.1) is 0 Å². The first kappa shape index (κ1) is 8.90. The second kappa shape index (κ2) is 4.75. The summed E-state index contributed by atoms with van der Waals surface area (Å²) < 4.78 is 4.08. The fourth-order valence-electron chi connectivity index (χ4n) is 0.288. The predicted octanol–water partition coefficient (Wildman–Crippen LogP) is -2.34. The lowest BCUT2D eigenvalue weighted by Crippen LogP contribution is -2.33. The number of esters is 1. The van der Waals surface area contributed by atoms with Crippen molar-refractivity contribution >= 4 is 11.9 Å². The third-order valence-electron chi connectivity index (χ3n) is 0.702. The van der Waals surface area contributed by atoms with E-state index in [0.717, 1.165) is 0 Å². The summed E-state index contributed by atoms with van der Waals surface area (Å²) in [5.41, 5.74) is 0. The summed E-state index contributed by atoms with van der Waals surface area (Å²) in [5.74, 6) is -3.26. The number of hydrogen-bond donors (Lipinski definition) is 1. The summed E-state index contributed by atoms with van der Waals surface area (Å²) in [6.45, 7) is -0.232. The van der Waals surface area contributed by atoms with Crippen LogP contribution >= 0.6 is 0 Å². The van der Waals surface area contributed by atoms with Crippen LogP contribution in [0, 0.1) is 0 Å². The molecule has 5 heteroatoms. The number of carboxylic acid groups (broad SMARTS) is 1. The maximum Gasteiger partial charge on any atom is 0.354 e. The SMILES string of the molecule is O=C([O-])C(=O)OCCCO. The van der Waals surface area contributed by atoms with Crippen LogP contribution in [0.3, 0.4) is 0 Å². The van der Waals surface area contributed by atoms with Gasteiger partial charge in [-0.2, -0.15) is 0 Å². The van der Waals surface area contributed by atoms with Crippen LogP contribution in [-0.2, 0) is 14.3 Å². The van der Waals surface area contributed by atoms with Gasteiger partial charge < -0.3 is 19.7 Å². The molecule has 0 rings (SSSR count). The molecule has 0 fully saturated rings. The molecular formula is C5H7O5-. The molecule has 0 amide bonds. The highest BCUT2D eigenvalue weighted by Gasteiger charge is 2.00. The monoisotopic (exact) mass is 147 g/mol. The molecular weight excluding hydrogens is 140 g/mol. The van der Waals surface area contributed by atoms with E-state index >= 15 is 0 Å². The van der Waals surface area contributed by atoms with Gasteiger partial charge in [-0.25, -0.2) is 4.79 Å². The van der Waals surface area contributed by atoms with Crippen molar-refractivity contribution in [3.63, 3.8) is 0 Å². The molecule has 0 saturated heterocycles. The summed E-state index contributed by atoms with van der Waals surface area (Å²) in [6.07, 6.45) is 0.235. The lowest BCUT2D eigenvalue weighted by Gasteiger charge is -2.02. The maximum absolute atomic E-state index is 10.1. The Morgan fingerprint density at radius 1 is 1.50 bits per heavy atom. The van der Waals surface area contributed by atoms with E-state index in [0.29, 0.717) is 0 Å². The Morgan fingerprint density at radius 2 is 2.10 bits per heavy atom. The third kappa shape index (κ3) is 3.85. The summed E-state index contributed by atoms with van der Waals surface area (Å²) in [5, 5.41) is 17.8. The van der Waals surface area contributed by atoms with E-state index in [-0.39, 0.29) is 19.6 Å². The molecule has 0 aromatic rings. The Balaban J connectivity index is 3.31. The van der Waals surface area contributed by atoms with Crippen molar-refractivity contribution in [2.75, 3.05) is 13.2 Å². The van der Waals surface area contributed by atoms with E-state index in [1.165, 1.54) is 0 Å². The molecule has 0 aliphatic rings. The van der Waals surface area contributed by atoms with Gasteiger partial charge in [0, 0.05) is 13.0 Å². The van der Waals surface area contributed by atoms with Crippen molar-refractivity contribution in [3.05, 3.63) is 0 Å². The van der Waals surface area contributed by atoms with Gasteiger partial charge in [-0.1, -0.05) is 0 Å². The first-order valence-corrected chi connectivity index (χ1v) is 2.67. The van der Waals surface area contributed by atoms with Crippen molar-refractivity contribution in [1.82, 2.24) is 0 Å². The Labute approximate surface area is 57.2 Å². The van der Waals surface area contributed by atoms with Gasteiger partial charge in [-0.3, -0.25) is 0 Å². The second-order valence-corrected chi connectivity index (χ2v) is 1.50. The van der Waals surface area contributed by atoms with Gasteiger partial charge in [0.25, 0.3) is 0 Å². The standard InChI is InChI=1S/C5H8O5/c6-2-1-3-10-5(9)4(7)8/h6H,1-3H2,(H,7,8)/p-1. The van der Waals surface area contributed by atoms with E-state index in [2.05, 4.69) is 4.74 Å². The Hall–Kier alpha value is -1.10. The quantitative estimate of drug-likeness (QED) is 0.274. The minimum atomic E-state index is -1.86. The summed E-state index contributed by atoms with van der Waals surface area (Å²) in [6, 6.07) is 0. The zero-order valence-corrected chi connectivity index (χ0v) is 5.20. The van der Waals surface area contributed by atoms with E-state index in [4.69, 9.17) is 5.11 Å². The van der Waals surface area contributed by atoms with Crippen molar-refractivity contribution in [1.29, 1.82) is 0 Å². The number of ether oxygens (including phenoxy) is 1. The third-order valence-corrected chi connectivity index (χ3v) is 0.702. The Morgan fingerprint density at radius 3 is 2.50 bits per heavy atom. The van der Waals surface area contributed by atoms with Crippen molar-refractivity contribution in [2.24, 2.45) is 0 Å². The first-order valence-electron chi connectivity index (χ1n) is 2.67. The van der Waals surface area contributed by atoms with Gasteiger partial charge in [0.15, 0.2) is 5.97 Å². The Bertz CT molecular complexity index is 130. The molecule has 0 saturated carbocycles. The molecule has 0 aromatic heterocycles. The lowest BCUT2D eigenvalue weighted by molar-refractivity contribution is -0.303. The molecule has 0 radical (unpaired) electrons. The molecule has 0 aliphatic heterocycles. The zero-order chi connectivity index (χ0) is 7.98. The van der Waals surface area contributed by atoms with Crippen molar-refractivity contribution in [3.8, 4) is 0 Å². The number of carbonyl (C=O) groups is 2. The number of aliphatic hydroxyl groups is 1. The van der Waals surface area contributed by atoms with Gasteiger partial charge in [0.05, 0.1) is 6.61 Å². The van der Waals surface area contributed by atoms with Crippen LogP contribution in [-0.4, -0.2) is 30.3 Å². The van der Waals surface area contributed by atoms with Crippen LogP contribution in [0.5, 0.6) is 0 Å². The molecule has 0 atom stereocenters.